The van der Waals surface area contributed by atoms with Crippen LogP contribution in [0.3, 0.4) is 0 Å². The Kier molecular flexibility index (Phi) is 6.47. The minimum Gasteiger partial charge on any atom is -0.478 e. The van der Waals surface area contributed by atoms with Crippen molar-refractivity contribution < 1.29 is 15.0 Å². The molecule has 0 bridgehead atoms. The molecule has 0 saturated carbocycles. The molecule has 0 amide bonds. The van der Waals surface area contributed by atoms with E-state index in [1.54, 1.807) is 18.3 Å². The summed E-state index contributed by atoms with van der Waals surface area (Å²) in [6.07, 6.45) is 11.9. The van der Waals surface area contributed by atoms with E-state index in [0.717, 1.165) is 31.6 Å². The third-order valence-electron chi connectivity index (χ3n) is 6.74. The van der Waals surface area contributed by atoms with Crippen LogP contribution in [0.15, 0.2) is 72.6 Å². The molecule has 176 valence electrons. The highest BCUT2D eigenvalue weighted by Gasteiger charge is 2.25. The Bertz CT molecular complexity index is 1150. The van der Waals surface area contributed by atoms with Gasteiger partial charge >= 0.3 is 5.97 Å². The van der Waals surface area contributed by atoms with Gasteiger partial charge in [-0.15, -0.1) is 0 Å². The van der Waals surface area contributed by atoms with Crippen LogP contribution in [0.25, 0.3) is 5.57 Å². The number of carboxylic acid groups (broad SMARTS) is 1. The highest BCUT2D eigenvalue weighted by Crippen LogP contribution is 2.37. The number of β-amino-alcohol motifs (C(OH)–C–C–N with tert-alkyl or cyclic N) is 1. The van der Waals surface area contributed by atoms with Gasteiger partial charge in [0, 0.05) is 62.9 Å². The Morgan fingerprint density at radius 1 is 1.03 bits per heavy atom. The number of carboxylic acids is 1. The Hall–Kier alpha value is -3.42. The maximum atomic E-state index is 11.5. The summed E-state index contributed by atoms with van der Waals surface area (Å²) in [4.78, 5) is 22.3. The normalized spacial score (nSPS) is 19.0. The molecule has 2 N–H and O–H groups in total. The number of fused-ring (bicyclic) bond motifs is 2. The summed E-state index contributed by atoms with van der Waals surface area (Å²) >= 11 is 0. The molecule has 1 aliphatic carbocycles. The van der Waals surface area contributed by atoms with E-state index < -0.39 is 12.1 Å². The molecule has 1 fully saturated rings. The molecule has 1 aromatic heterocycles. The van der Waals surface area contributed by atoms with Gasteiger partial charge in [0.2, 0.25) is 0 Å². The van der Waals surface area contributed by atoms with E-state index in [9.17, 15) is 15.0 Å². The predicted octanol–water partition coefficient (Wildman–Crippen LogP) is 3.40. The summed E-state index contributed by atoms with van der Waals surface area (Å²) in [6.45, 7) is 3.95. The molecule has 5 rings (SSSR count). The molecule has 3 heterocycles. The summed E-state index contributed by atoms with van der Waals surface area (Å²) < 4.78 is 0. The molecule has 3 aliphatic rings. The first-order valence-electron chi connectivity index (χ1n) is 11.9. The minimum atomic E-state index is -0.960. The molecule has 1 unspecified atom stereocenters. The van der Waals surface area contributed by atoms with Crippen LogP contribution in [-0.2, 0) is 0 Å². The Morgan fingerprint density at radius 3 is 2.68 bits per heavy atom. The number of aromatic nitrogens is 1. The van der Waals surface area contributed by atoms with E-state index in [-0.39, 0.29) is 5.56 Å². The number of rotatable bonds is 6. The molecular formula is C27H30N4O3. The van der Waals surface area contributed by atoms with Gasteiger partial charge in [-0.1, -0.05) is 30.4 Å². The number of pyridine rings is 1. The van der Waals surface area contributed by atoms with Gasteiger partial charge in [-0.05, 0) is 48.3 Å². The smallest absolute Gasteiger partial charge is 0.339 e. The maximum Gasteiger partial charge on any atom is 0.339 e. The average Bonchev–Trinajstić information content (AvgIpc) is 3.02. The fourth-order valence-electron chi connectivity index (χ4n) is 5.06. The number of nitrogens with zero attached hydrogens (tertiary/aromatic N) is 4. The molecule has 7 nitrogen and oxygen atoms in total. The van der Waals surface area contributed by atoms with Crippen molar-refractivity contribution in [3.8, 4) is 0 Å². The number of allylic oxidation sites excluding steroid dienone is 5. The van der Waals surface area contributed by atoms with E-state index >= 15 is 0 Å². The number of hydrogen-bond acceptors (Lipinski definition) is 6. The number of aliphatic hydroxyl groups excluding tert-OH is 1. The van der Waals surface area contributed by atoms with E-state index in [4.69, 9.17) is 0 Å². The zero-order valence-electron chi connectivity index (χ0n) is 19.2. The lowest BCUT2D eigenvalue weighted by molar-refractivity contribution is 0.0697. The minimum absolute atomic E-state index is 0.230. The molecule has 2 aliphatic heterocycles. The molecule has 7 heteroatoms. The molecule has 1 atom stereocenters. The molecular weight excluding hydrogens is 428 g/mol. The molecule has 1 aromatic carbocycles. The highest BCUT2D eigenvalue weighted by molar-refractivity contribution is 5.93. The van der Waals surface area contributed by atoms with Gasteiger partial charge in [0.1, 0.15) is 11.4 Å². The third kappa shape index (κ3) is 4.62. The molecule has 0 radical (unpaired) electrons. The van der Waals surface area contributed by atoms with Crippen LogP contribution in [0.1, 0.15) is 28.8 Å². The number of para-hydroxylation sites is 1. The summed E-state index contributed by atoms with van der Waals surface area (Å²) in [5, 5.41) is 20.4. The quantitative estimate of drug-likeness (QED) is 0.687. The van der Waals surface area contributed by atoms with Crippen molar-refractivity contribution in [2.75, 3.05) is 49.1 Å². The van der Waals surface area contributed by atoms with Crippen LogP contribution in [-0.4, -0.2) is 71.4 Å². The largest absolute Gasteiger partial charge is 0.478 e. The fraction of sp³-hybridized carbons (Fsp3) is 0.333. The van der Waals surface area contributed by atoms with Crippen LogP contribution < -0.4 is 9.80 Å². The number of benzene rings is 1. The maximum absolute atomic E-state index is 11.5. The number of aliphatic hydroxyl groups is 1. The van der Waals surface area contributed by atoms with Gasteiger partial charge in [0.25, 0.3) is 0 Å². The summed E-state index contributed by atoms with van der Waals surface area (Å²) in [5.41, 5.74) is 5.24. The van der Waals surface area contributed by atoms with Gasteiger partial charge < -0.3 is 20.0 Å². The number of piperazine rings is 1. The number of anilines is 2. The van der Waals surface area contributed by atoms with E-state index in [0.29, 0.717) is 32.0 Å². The van der Waals surface area contributed by atoms with Gasteiger partial charge in [-0.25, -0.2) is 9.78 Å². The Morgan fingerprint density at radius 2 is 1.85 bits per heavy atom. The summed E-state index contributed by atoms with van der Waals surface area (Å²) in [6, 6.07) is 11.7. The van der Waals surface area contributed by atoms with E-state index in [1.807, 2.05) is 4.90 Å². The lowest BCUT2D eigenvalue weighted by atomic mass is 9.91. The van der Waals surface area contributed by atoms with Crippen LogP contribution in [0.4, 0.5) is 11.5 Å². The molecule has 0 spiro atoms. The zero-order chi connectivity index (χ0) is 23.5. The number of carbonyl (C=O) groups is 1. The number of aromatic carboxylic acids is 1. The summed E-state index contributed by atoms with van der Waals surface area (Å²) in [7, 11) is 0. The molecule has 2 aromatic rings. The standard InChI is InChI=1S/C27H30N4O3/c32-21(18-29-14-16-30(17-15-29)26-24(27(33)34)9-5-12-28-26)19-31-13-11-20-6-1-2-7-22(20)23-8-3-4-10-25(23)31/h1,3-6,8-13,21,32H,2,7,14-19H2,(H,33,34). The third-order valence-corrected chi connectivity index (χ3v) is 6.74. The highest BCUT2D eigenvalue weighted by atomic mass is 16.4. The van der Waals surface area contributed by atoms with Gasteiger partial charge in [-0.3, -0.25) is 4.90 Å². The lowest BCUT2D eigenvalue weighted by Gasteiger charge is -2.37. The molecule has 1 saturated heterocycles. The van der Waals surface area contributed by atoms with Crippen molar-refractivity contribution in [1.29, 1.82) is 0 Å². The second kappa shape index (κ2) is 9.83. The fourth-order valence-corrected chi connectivity index (χ4v) is 5.06. The van der Waals surface area contributed by atoms with Crippen molar-refractivity contribution in [2.45, 2.75) is 18.9 Å². The zero-order valence-corrected chi connectivity index (χ0v) is 19.2. The van der Waals surface area contributed by atoms with Crippen LogP contribution in [0, 0.1) is 0 Å². The first-order chi connectivity index (χ1) is 16.6. The first-order valence-corrected chi connectivity index (χ1v) is 11.9. The Balaban J connectivity index is 1.22. The van der Waals surface area contributed by atoms with Crippen molar-refractivity contribution in [3.63, 3.8) is 0 Å². The van der Waals surface area contributed by atoms with Crippen LogP contribution >= 0.6 is 0 Å². The van der Waals surface area contributed by atoms with Crippen LogP contribution in [0.5, 0.6) is 0 Å². The Labute approximate surface area is 199 Å². The van der Waals surface area contributed by atoms with E-state index in [2.05, 4.69) is 63.5 Å². The lowest BCUT2D eigenvalue weighted by Crippen LogP contribution is -2.50. The van der Waals surface area contributed by atoms with Crippen molar-refractivity contribution >= 4 is 23.0 Å². The predicted molar refractivity (Wildman–Crippen MR) is 134 cm³/mol. The summed E-state index contributed by atoms with van der Waals surface area (Å²) in [5.74, 6) is -0.439. The topological polar surface area (TPSA) is 80.1 Å². The van der Waals surface area contributed by atoms with E-state index in [1.165, 1.54) is 16.7 Å². The second-order valence-electron chi connectivity index (χ2n) is 8.98. The van der Waals surface area contributed by atoms with Gasteiger partial charge in [0.15, 0.2) is 0 Å². The first kappa shape index (κ1) is 22.4. The van der Waals surface area contributed by atoms with Gasteiger partial charge in [-0.2, -0.15) is 0 Å². The average molecular weight is 459 g/mol. The SMILES string of the molecule is O=C(O)c1cccnc1N1CCN(CC(O)CN2C=CC3=C(CCC=C3)c3ccccc32)CC1. The molecule has 34 heavy (non-hydrogen) atoms. The van der Waals surface area contributed by atoms with Crippen LogP contribution in [0.2, 0.25) is 0 Å². The van der Waals surface area contributed by atoms with Crippen molar-refractivity contribution in [2.24, 2.45) is 0 Å². The van der Waals surface area contributed by atoms with Crippen molar-refractivity contribution in [1.82, 2.24) is 9.88 Å². The number of hydrogen-bond donors (Lipinski definition) is 2. The second-order valence-corrected chi connectivity index (χ2v) is 8.98. The monoisotopic (exact) mass is 458 g/mol. The van der Waals surface area contributed by atoms with Crippen molar-refractivity contribution in [3.05, 3.63) is 83.7 Å². The van der Waals surface area contributed by atoms with Gasteiger partial charge in [0.05, 0.1) is 6.10 Å².